The van der Waals surface area contributed by atoms with Crippen LogP contribution < -0.4 is 10.6 Å². The van der Waals surface area contributed by atoms with Crippen LogP contribution in [0.2, 0.25) is 0 Å². The summed E-state index contributed by atoms with van der Waals surface area (Å²) in [5.74, 6) is 0.0201. The van der Waals surface area contributed by atoms with Crippen molar-refractivity contribution in [1.82, 2.24) is 4.57 Å². The van der Waals surface area contributed by atoms with Crippen LogP contribution in [0.15, 0.2) is 36.5 Å². The first-order valence-corrected chi connectivity index (χ1v) is 7.46. The average molecular weight is 283 g/mol. The smallest absolute Gasteiger partial charge is 0.274 e. The van der Waals surface area contributed by atoms with Crippen LogP contribution in [0.4, 0.5) is 11.4 Å². The van der Waals surface area contributed by atoms with Crippen LogP contribution in [0, 0.1) is 6.92 Å². The molecule has 0 bridgehead atoms. The van der Waals surface area contributed by atoms with Crippen molar-refractivity contribution in [2.24, 2.45) is 0 Å². The van der Waals surface area contributed by atoms with Crippen LogP contribution >= 0.6 is 0 Å². The first-order chi connectivity index (χ1) is 10.1. The Morgan fingerprint density at radius 1 is 1.38 bits per heavy atom. The topological polar surface area (TPSA) is 51.3 Å². The molecule has 1 aromatic carbocycles. The summed E-state index contributed by atoms with van der Waals surface area (Å²) in [7, 11) is 0. The molecule has 1 saturated carbocycles. The molecule has 0 saturated heterocycles. The predicted octanol–water partition coefficient (Wildman–Crippen LogP) is 3.38. The predicted molar refractivity (Wildman–Crippen MR) is 85.6 cm³/mol. The summed E-state index contributed by atoms with van der Waals surface area (Å²) in [6.45, 7) is 4.67. The normalized spacial score (nSPS) is 14.2. The van der Waals surface area contributed by atoms with Gasteiger partial charge in [-0.2, -0.15) is 0 Å². The lowest BCUT2D eigenvalue weighted by Crippen LogP contribution is -2.32. The fourth-order valence-electron chi connectivity index (χ4n) is 2.70. The van der Waals surface area contributed by atoms with Gasteiger partial charge in [0.2, 0.25) is 0 Å². The van der Waals surface area contributed by atoms with Crippen LogP contribution in [0.3, 0.4) is 0 Å². The molecule has 0 radical (unpaired) electrons. The van der Waals surface area contributed by atoms with Crippen LogP contribution in [-0.2, 0) is 0 Å². The zero-order chi connectivity index (χ0) is 15.0. The van der Waals surface area contributed by atoms with Crippen molar-refractivity contribution in [2.75, 3.05) is 17.2 Å². The molecular weight excluding hydrogens is 262 g/mol. The fraction of sp³-hybridized carbons (Fsp3) is 0.353. The first-order valence-electron chi connectivity index (χ1n) is 7.46. The van der Waals surface area contributed by atoms with Gasteiger partial charge >= 0.3 is 0 Å². The molecule has 110 valence electrons. The Hall–Kier alpha value is -2.23. The number of amides is 1. The second-order valence-corrected chi connectivity index (χ2v) is 5.69. The van der Waals surface area contributed by atoms with Crippen LogP contribution in [0.1, 0.15) is 41.9 Å². The molecule has 0 aliphatic heterocycles. The lowest BCUT2D eigenvalue weighted by molar-refractivity contribution is 0.0979. The highest BCUT2D eigenvalue weighted by Gasteiger charge is 2.29. The molecule has 0 spiro atoms. The number of hydrogen-bond acceptors (Lipinski definition) is 2. The average Bonchev–Trinajstić information content (AvgIpc) is 3.22. The van der Waals surface area contributed by atoms with E-state index in [1.165, 1.54) is 0 Å². The zero-order valence-corrected chi connectivity index (χ0v) is 12.5. The number of nitrogens with zero attached hydrogens (tertiary/aromatic N) is 2. The fourth-order valence-corrected chi connectivity index (χ4v) is 2.70. The van der Waals surface area contributed by atoms with E-state index < -0.39 is 0 Å². The molecule has 0 atom stereocenters. The van der Waals surface area contributed by atoms with Gasteiger partial charge in [0.05, 0.1) is 5.69 Å². The van der Waals surface area contributed by atoms with Crippen molar-refractivity contribution in [1.29, 1.82) is 0 Å². The lowest BCUT2D eigenvalue weighted by Gasteiger charge is -2.22. The quantitative estimate of drug-likeness (QED) is 0.935. The number of carbonyl (C=O) groups is 1. The molecule has 1 aliphatic carbocycles. The minimum atomic E-state index is 0.0201. The molecule has 1 aromatic heterocycles. The minimum Gasteiger partial charge on any atom is -0.397 e. The van der Waals surface area contributed by atoms with Gasteiger partial charge in [0.25, 0.3) is 5.91 Å². The van der Waals surface area contributed by atoms with Crippen molar-refractivity contribution in [2.45, 2.75) is 32.7 Å². The van der Waals surface area contributed by atoms with Gasteiger partial charge in [0.1, 0.15) is 5.69 Å². The zero-order valence-electron chi connectivity index (χ0n) is 12.5. The molecule has 1 fully saturated rings. The van der Waals surface area contributed by atoms with Crippen molar-refractivity contribution in [3.05, 3.63) is 47.8 Å². The third-order valence-corrected chi connectivity index (χ3v) is 3.90. The van der Waals surface area contributed by atoms with Gasteiger partial charge in [-0.25, -0.2) is 0 Å². The van der Waals surface area contributed by atoms with Crippen LogP contribution in [0.25, 0.3) is 0 Å². The van der Waals surface area contributed by atoms with Gasteiger partial charge in [-0.05, 0) is 50.5 Å². The maximum absolute atomic E-state index is 12.9. The number of aromatic nitrogens is 1. The van der Waals surface area contributed by atoms with Gasteiger partial charge < -0.3 is 15.2 Å². The molecule has 3 rings (SSSR count). The van der Waals surface area contributed by atoms with Crippen LogP contribution in [0.5, 0.6) is 0 Å². The number of aryl methyl sites for hydroxylation is 1. The third-order valence-electron chi connectivity index (χ3n) is 3.90. The molecule has 1 heterocycles. The van der Waals surface area contributed by atoms with Crippen LogP contribution in [-0.4, -0.2) is 17.0 Å². The molecular formula is C17H21N3O. The van der Waals surface area contributed by atoms with E-state index in [9.17, 15) is 4.79 Å². The molecule has 0 unspecified atom stereocenters. The molecule has 4 heteroatoms. The van der Waals surface area contributed by atoms with E-state index in [1.807, 2.05) is 48.9 Å². The number of hydrogen-bond donors (Lipinski definition) is 1. The van der Waals surface area contributed by atoms with E-state index in [4.69, 9.17) is 5.73 Å². The molecule has 21 heavy (non-hydrogen) atoms. The molecule has 2 aromatic rings. The van der Waals surface area contributed by atoms with E-state index in [0.29, 0.717) is 24.0 Å². The first kappa shape index (κ1) is 13.7. The molecule has 4 nitrogen and oxygen atoms in total. The summed E-state index contributed by atoms with van der Waals surface area (Å²) in [6.07, 6.45) is 4.14. The largest absolute Gasteiger partial charge is 0.397 e. The van der Waals surface area contributed by atoms with E-state index in [-0.39, 0.29) is 5.91 Å². The van der Waals surface area contributed by atoms with Crippen molar-refractivity contribution in [3.63, 3.8) is 0 Å². The van der Waals surface area contributed by atoms with Gasteiger partial charge in [-0.3, -0.25) is 4.79 Å². The summed E-state index contributed by atoms with van der Waals surface area (Å²) >= 11 is 0. The van der Waals surface area contributed by atoms with Gasteiger partial charge in [-0.1, -0.05) is 12.1 Å². The standard InChI is InChI=1S/C17H21N3O/c1-3-19(15-6-4-5-12(2)9-15)17(21)16-10-13(18)11-20(16)14-7-8-14/h4-6,9-11,14H,3,7-8,18H2,1-2H3. The monoisotopic (exact) mass is 283 g/mol. The summed E-state index contributed by atoms with van der Waals surface area (Å²) in [5, 5.41) is 0. The highest BCUT2D eigenvalue weighted by molar-refractivity contribution is 6.05. The third kappa shape index (κ3) is 2.66. The van der Waals surface area contributed by atoms with E-state index in [0.717, 1.165) is 24.1 Å². The number of benzene rings is 1. The summed E-state index contributed by atoms with van der Waals surface area (Å²) in [5.41, 5.74) is 9.33. The molecule has 2 N–H and O–H groups in total. The number of nitrogens with two attached hydrogens (primary N) is 1. The number of anilines is 2. The number of nitrogen functional groups attached to an aromatic ring is 1. The Morgan fingerprint density at radius 2 is 2.14 bits per heavy atom. The SMILES string of the molecule is CCN(C(=O)c1cc(N)cn1C1CC1)c1cccc(C)c1. The maximum Gasteiger partial charge on any atom is 0.274 e. The maximum atomic E-state index is 12.9. The Labute approximate surface area is 125 Å². The van der Waals surface area contributed by atoms with Gasteiger partial charge in [-0.15, -0.1) is 0 Å². The second-order valence-electron chi connectivity index (χ2n) is 5.69. The van der Waals surface area contributed by atoms with Crippen molar-refractivity contribution < 1.29 is 4.79 Å². The Balaban J connectivity index is 1.96. The van der Waals surface area contributed by atoms with E-state index in [1.54, 1.807) is 11.0 Å². The number of rotatable bonds is 4. The van der Waals surface area contributed by atoms with E-state index >= 15 is 0 Å². The molecule has 1 amide bonds. The summed E-state index contributed by atoms with van der Waals surface area (Å²) < 4.78 is 2.04. The summed E-state index contributed by atoms with van der Waals surface area (Å²) in [6, 6.07) is 10.3. The van der Waals surface area contributed by atoms with Gasteiger partial charge in [0, 0.05) is 24.5 Å². The number of carbonyl (C=O) groups excluding carboxylic acids is 1. The molecule has 1 aliphatic rings. The van der Waals surface area contributed by atoms with Gasteiger partial charge in [0.15, 0.2) is 0 Å². The highest BCUT2D eigenvalue weighted by Crippen LogP contribution is 2.37. The highest BCUT2D eigenvalue weighted by atomic mass is 16.2. The Kier molecular flexibility index (Phi) is 3.45. The van der Waals surface area contributed by atoms with Crippen molar-refractivity contribution >= 4 is 17.3 Å². The Bertz CT molecular complexity index is 670. The minimum absolute atomic E-state index is 0.0201. The Morgan fingerprint density at radius 3 is 2.76 bits per heavy atom. The lowest BCUT2D eigenvalue weighted by atomic mass is 10.2. The second kappa shape index (κ2) is 5.28. The van der Waals surface area contributed by atoms with E-state index in [2.05, 4.69) is 0 Å². The van der Waals surface area contributed by atoms with Crippen molar-refractivity contribution in [3.8, 4) is 0 Å². The summed E-state index contributed by atoms with van der Waals surface area (Å²) in [4.78, 5) is 14.7.